The average molecular weight is 503 g/mol. The predicted octanol–water partition coefficient (Wildman–Crippen LogP) is 8.59. The summed E-state index contributed by atoms with van der Waals surface area (Å²) in [5.41, 5.74) is 23.5. The highest BCUT2D eigenvalue weighted by Crippen LogP contribution is 2.43. The fraction of sp³-hybridized carbons (Fsp3) is 0.412. The molecule has 0 aromatic carbocycles. The first-order chi connectivity index (χ1) is 18.4. The third-order valence-corrected chi connectivity index (χ3v) is 9.70. The Labute approximate surface area is 225 Å². The Morgan fingerprint density at radius 2 is 1.29 bits per heavy atom. The van der Waals surface area contributed by atoms with E-state index in [4.69, 9.17) is 9.97 Å². The van der Waals surface area contributed by atoms with Crippen molar-refractivity contribution in [2.45, 2.75) is 92.9 Å². The van der Waals surface area contributed by atoms with Crippen molar-refractivity contribution in [2.75, 3.05) is 0 Å². The van der Waals surface area contributed by atoms with Gasteiger partial charge in [-0.15, -0.1) is 0 Å². The van der Waals surface area contributed by atoms with Gasteiger partial charge >= 0.3 is 0 Å². The van der Waals surface area contributed by atoms with Gasteiger partial charge in [0, 0.05) is 33.2 Å². The Bertz CT molecular complexity index is 1770. The quantitative estimate of drug-likeness (QED) is 0.369. The van der Waals surface area contributed by atoms with Crippen molar-refractivity contribution in [1.29, 1.82) is 0 Å². The zero-order chi connectivity index (χ0) is 26.3. The summed E-state index contributed by atoms with van der Waals surface area (Å²) < 4.78 is 0. The van der Waals surface area contributed by atoms with Crippen molar-refractivity contribution in [3.05, 3.63) is 68.3 Å². The summed E-state index contributed by atoms with van der Waals surface area (Å²) in [4.78, 5) is 18.5. The monoisotopic (exact) mass is 502 g/mol. The molecular formula is C34H38N4. The molecule has 7 rings (SSSR count). The molecule has 4 heteroatoms. The Hall–Kier alpha value is -3.40. The number of allylic oxidation sites excluding steroid dienone is 4. The third kappa shape index (κ3) is 3.22. The van der Waals surface area contributed by atoms with Gasteiger partial charge in [-0.2, -0.15) is 0 Å². The van der Waals surface area contributed by atoms with E-state index in [1.807, 2.05) is 0 Å². The molecule has 0 atom stereocenters. The number of hydrogen-bond donors (Lipinski definition) is 2. The van der Waals surface area contributed by atoms with Crippen LogP contribution in [0.4, 0.5) is 0 Å². The molecule has 0 saturated heterocycles. The minimum Gasteiger partial charge on any atom is -0.355 e. The van der Waals surface area contributed by atoms with Crippen LogP contribution in [0, 0.1) is 13.8 Å². The molecule has 2 N–H and O–H groups in total. The number of nitrogens with one attached hydrogen (secondary N) is 2. The number of aromatic nitrogens is 4. The van der Waals surface area contributed by atoms with Crippen molar-refractivity contribution < 1.29 is 0 Å². The normalized spacial score (nSPS) is 16.6. The van der Waals surface area contributed by atoms with Crippen molar-refractivity contribution in [3.8, 4) is 0 Å². The summed E-state index contributed by atoms with van der Waals surface area (Å²) in [5, 5.41) is 0. The molecule has 8 bridgehead atoms. The Balaban J connectivity index is 1.72. The highest BCUT2D eigenvalue weighted by Gasteiger charge is 2.27. The molecule has 0 amide bonds. The maximum atomic E-state index is 5.34. The first-order valence-corrected chi connectivity index (χ1v) is 14.6. The van der Waals surface area contributed by atoms with Crippen LogP contribution in [0.25, 0.3) is 44.4 Å². The van der Waals surface area contributed by atoms with Crippen LogP contribution in [0.15, 0.2) is 12.1 Å². The van der Waals surface area contributed by atoms with Crippen LogP contribution < -0.4 is 0 Å². The van der Waals surface area contributed by atoms with E-state index in [-0.39, 0.29) is 0 Å². The molecule has 0 radical (unpaired) electrons. The third-order valence-electron chi connectivity index (χ3n) is 9.70. The SMILES string of the molecule is CCC1=C(C)c2cc3nc4c(c5[nH]c(cc6[nH]c7c(c1n2)CCCc7c6C)c(C)c5CC)CCCC4=C3C. The minimum atomic E-state index is 0.991. The van der Waals surface area contributed by atoms with Gasteiger partial charge in [-0.25, -0.2) is 9.97 Å². The number of nitrogens with zero attached hydrogens (tertiary/aromatic N) is 2. The van der Waals surface area contributed by atoms with Crippen LogP contribution in [0.2, 0.25) is 0 Å². The second-order valence-corrected chi connectivity index (χ2v) is 11.6. The zero-order valence-corrected chi connectivity index (χ0v) is 23.7. The number of aromatic amines is 2. The van der Waals surface area contributed by atoms with Crippen molar-refractivity contribution in [1.82, 2.24) is 19.9 Å². The number of fused-ring (bicyclic) bond motifs is 8. The lowest BCUT2D eigenvalue weighted by Crippen LogP contribution is -2.03. The lowest BCUT2D eigenvalue weighted by atomic mass is 9.89. The van der Waals surface area contributed by atoms with Crippen LogP contribution in [-0.4, -0.2) is 19.9 Å². The minimum absolute atomic E-state index is 0.991. The van der Waals surface area contributed by atoms with E-state index in [0.29, 0.717) is 0 Å². The number of hydrogen-bond acceptors (Lipinski definition) is 2. The highest BCUT2D eigenvalue weighted by atomic mass is 14.8. The van der Waals surface area contributed by atoms with Gasteiger partial charge in [-0.3, -0.25) is 0 Å². The summed E-state index contributed by atoms with van der Waals surface area (Å²) in [6.07, 6.45) is 8.73. The Morgan fingerprint density at radius 1 is 0.658 bits per heavy atom. The van der Waals surface area contributed by atoms with Gasteiger partial charge in [0.2, 0.25) is 0 Å². The molecule has 4 aliphatic rings. The van der Waals surface area contributed by atoms with Crippen molar-refractivity contribution >= 4 is 44.4 Å². The van der Waals surface area contributed by atoms with Crippen LogP contribution in [0.1, 0.15) is 110 Å². The van der Waals surface area contributed by atoms with Gasteiger partial charge in [-0.05, 0) is 136 Å². The van der Waals surface area contributed by atoms with Gasteiger partial charge in [0.1, 0.15) is 0 Å². The predicted molar refractivity (Wildman–Crippen MR) is 160 cm³/mol. The summed E-state index contributed by atoms with van der Waals surface area (Å²) in [5.74, 6) is 0. The molecule has 0 fully saturated rings. The van der Waals surface area contributed by atoms with E-state index in [1.54, 1.807) is 0 Å². The molecule has 0 spiro atoms. The fourth-order valence-electron chi connectivity index (χ4n) is 7.47. The van der Waals surface area contributed by atoms with Crippen LogP contribution >= 0.6 is 0 Å². The van der Waals surface area contributed by atoms with Crippen molar-refractivity contribution in [2.24, 2.45) is 0 Å². The molecule has 38 heavy (non-hydrogen) atoms. The highest BCUT2D eigenvalue weighted by molar-refractivity contribution is 5.97. The molecule has 3 aromatic rings. The molecule has 5 heterocycles. The van der Waals surface area contributed by atoms with Gasteiger partial charge < -0.3 is 9.97 Å². The summed E-state index contributed by atoms with van der Waals surface area (Å²) in [6, 6.07) is 4.63. The molecule has 2 aliphatic heterocycles. The van der Waals surface area contributed by atoms with Gasteiger partial charge in [0.05, 0.1) is 22.8 Å². The van der Waals surface area contributed by atoms with Crippen molar-refractivity contribution in [3.63, 3.8) is 0 Å². The molecular weight excluding hydrogens is 464 g/mol. The number of rotatable bonds is 2. The number of H-pyrrole nitrogens is 2. The van der Waals surface area contributed by atoms with E-state index in [2.05, 4.69) is 63.6 Å². The fourth-order valence-corrected chi connectivity index (χ4v) is 7.47. The summed E-state index contributed by atoms with van der Waals surface area (Å²) in [6.45, 7) is 13.6. The first kappa shape index (κ1) is 23.7. The van der Waals surface area contributed by atoms with Crippen LogP contribution in [0.3, 0.4) is 0 Å². The summed E-state index contributed by atoms with van der Waals surface area (Å²) in [7, 11) is 0. The van der Waals surface area contributed by atoms with E-state index in [1.165, 1.54) is 102 Å². The van der Waals surface area contributed by atoms with Gasteiger partial charge in [0.25, 0.3) is 0 Å². The average Bonchev–Trinajstić information content (AvgIpc) is 3.61. The maximum absolute atomic E-state index is 5.34. The molecule has 194 valence electrons. The standard InChI is InChI=1S/C34H38N4/c1-7-21-17(3)27-15-29-20(6)24-12-10-14-26(34(24)38-29)32-22(8-2)18(4)28(36-32)16-30-19(5)23-11-9-13-25(31(21)35-27)33(23)37-30/h15-16,35,38H,7-14H2,1-6H3. The van der Waals surface area contributed by atoms with Crippen LogP contribution in [-0.2, 0) is 25.7 Å². The van der Waals surface area contributed by atoms with E-state index in [0.717, 1.165) is 49.9 Å². The summed E-state index contributed by atoms with van der Waals surface area (Å²) >= 11 is 0. The van der Waals surface area contributed by atoms with Gasteiger partial charge in [0.15, 0.2) is 0 Å². The van der Waals surface area contributed by atoms with E-state index in [9.17, 15) is 0 Å². The van der Waals surface area contributed by atoms with Crippen LogP contribution in [0.5, 0.6) is 0 Å². The molecule has 0 unspecified atom stereocenters. The first-order valence-electron chi connectivity index (χ1n) is 14.6. The zero-order valence-electron chi connectivity index (χ0n) is 23.7. The molecule has 3 aromatic heterocycles. The molecule has 2 aliphatic carbocycles. The smallest absolute Gasteiger partial charge is 0.0725 e. The second kappa shape index (κ2) is 8.56. The number of aryl methyl sites for hydroxylation is 6. The van der Waals surface area contributed by atoms with E-state index >= 15 is 0 Å². The lowest BCUT2D eigenvalue weighted by Gasteiger charge is -2.15. The molecule has 4 nitrogen and oxygen atoms in total. The Morgan fingerprint density at radius 3 is 2.05 bits per heavy atom. The largest absolute Gasteiger partial charge is 0.355 e. The molecule has 0 saturated carbocycles. The Kier molecular flexibility index (Phi) is 5.34. The van der Waals surface area contributed by atoms with Gasteiger partial charge in [-0.1, -0.05) is 13.8 Å². The van der Waals surface area contributed by atoms with E-state index < -0.39 is 0 Å². The topological polar surface area (TPSA) is 57.4 Å². The lowest BCUT2D eigenvalue weighted by molar-refractivity contribution is 0.798. The second-order valence-electron chi connectivity index (χ2n) is 11.6. The maximum Gasteiger partial charge on any atom is 0.0725 e.